The topological polar surface area (TPSA) is 41.3 Å². The Bertz CT molecular complexity index is 203. The van der Waals surface area contributed by atoms with Crippen molar-refractivity contribution in [1.82, 2.24) is 10.3 Å². The quantitative estimate of drug-likeness (QED) is 0.620. The smallest absolute Gasteiger partial charge is 0.182 e. The highest BCUT2D eigenvalue weighted by molar-refractivity contribution is 5.34. The molecule has 60 valence electrons. The molecule has 0 saturated carbocycles. The number of nitrogens with zero attached hydrogens (tertiary/aromatic N) is 2. The summed E-state index contributed by atoms with van der Waals surface area (Å²) in [5.41, 5.74) is 0. The average Bonchev–Trinajstić information content (AvgIpc) is 2.58. The largest absolute Gasteiger partial charge is 0.449 e. The monoisotopic (exact) mass is 153 g/mol. The van der Waals surface area contributed by atoms with Gasteiger partial charge in [-0.3, -0.25) is 0 Å². The van der Waals surface area contributed by atoms with E-state index >= 15 is 0 Å². The second kappa shape index (κ2) is 2.92. The molecule has 2 heterocycles. The van der Waals surface area contributed by atoms with Crippen molar-refractivity contribution in [2.24, 2.45) is 0 Å². The molecular weight excluding hydrogens is 142 g/mol. The van der Waals surface area contributed by atoms with E-state index in [2.05, 4.69) is 15.2 Å². The van der Waals surface area contributed by atoms with Gasteiger partial charge in [0.1, 0.15) is 6.26 Å². The van der Waals surface area contributed by atoms with E-state index in [1.807, 2.05) is 0 Å². The third kappa shape index (κ3) is 1.35. The van der Waals surface area contributed by atoms with E-state index in [0.29, 0.717) is 0 Å². The zero-order valence-corrected chi connectivity index (χ0v) is 6.29. The Morgan fingerprint density at radius 3 is 2.91 bits per heavy atom. The predicted octanol–water partition coefficient (Wildman–Crippen LogP) is 0.0842. The van der Waals surface area contributed by atoms with Crippen LogP contribution >= 0.6 is 0 Å². The molecule has 0 radical (unpaired) electrons. The molecule has 1 aliphatic rings. The van der Waals surface area contributed by atoms with Gasteiger partial charge in [0.15, 0.2) is 12.2 Å². The molecule has 0 aromatic carbocycles. The van der Waals surface area contributed by atoms with Crippen LogP contribution in [0.1, 0.15) is 0 Å². The molecule has 0 amide bonds. The van der Waals surface area contributed by atoms with Crippen LogP contribution in [0, 0.1) is 0 Å². The van der Waals surface area contributed by atoms with Crippen molar-refractivity contribution >= 4 is 5.82 Å². The summed E-state index contributed by atoms with van der Waals surface area (Å²) >= 11 is 0. The number of piperazine rings is 1. The van der Waals surface area contributed by atoms with Gasteiger partial charge >= 0.3 is 0 Å². The number of anilines is 1. The summed E-state index contributed by atoms with van der Waals surface area (Å²) < 4.78 is 4.89. The number of hydrogen-bond donors (Lipinski definition) is 1. The van der Waals surface area contributed by atoms with Gasteiger partial charge in [-0.25, -0.2) is 0 Å². The van der Waals surface area contributed by atoms with Crippen LogP contribution in [0.4, 0.5) is 5.82 Å². The van der Waals surface area contributed by atoms with Gasteiger partial charge in [-0.05, 0) is 0 Å². The average molecular weight is 153 g/mol. The van der Waals surface area contributed by atoms with Gasteiger partial charge in [0, 0.05) is 26.2 Å². The third-order valence-corrected chi connectivity index (χ3v) is 1.86. The highest BCUT2D eigenvalue weighted by Gasteiger charge is 2.11. The first-order chi connectivity index (χ1) is 5.47. The third-order valence-electron chi connectivity index (χ3n) is 1.86. The molecule has 4 heteroatoms. The molecule has 4 nitrogen and oxygen atoms in total. The minimum absolute atomic E-state index is 0.950. The molecule has 1 N–H and O–H groups in total. The van der Waals surface area contributed by atoms with Gasteiger partial charge < -0.3 is 14.6 Å². The van der Waals surface area contributed by atoms with E-state index in [1.165, 1.54) is 6.39 Å². The van der Waals surface area contributed by atoms with Gasteiger partial charge in [0.2, 0.25) is 0 Å². The molecule has 0 aliphatic carbocycles. The number of aromatic nitrogens is 1. The fraction of sp³-hybridized carbons (Fsp3) is 0.571. The Hall–Kier alpha value is -1.03. The summed E-state index contributed by atoms with van der Waals surface area (Å²) in [5.74, 6) is 0.950. The van der Waals surface area contributed by atoms with Crippen LogP contribution in [0.5, 0.6) is 0 Å². The van der Waals surface area contributed by atoms with Crippen molar-refractivity contribution in [3.63, 3.8) is 0 Å². The van der Waals surface area contributed by atoms with E-state index in [9.17, 15) is 0 Å². The maximum absolute atomic E-state index is 4.89. The lowest BCUT2D eigenvalue weighted by Gasteiger charge is -2.26. The van der Waals surface area contributed by atoms with Crippen LogP contribution in [0.15, 0.2) is 17.1 Å². The minimum atomic E-state index is 0.950. The Morgan fingerprint density at radius 1 is 1.45 bits per heavy atom. The van der Waals surface area contributed by atoms with E-state index < -0.39 is 0 Å². The molecule has 1 aliphatic heterocycles. The van der Waals surface area contributed by atoms with Gasteiger partial charge in [0.25, 0.3) is 0 Å². The van der Waals surface area contributed by atoms with Crippen molar-refractivity contribution in [3.05, 3.63) is 12.7 Å². The van der Waals surface area contributed by atoms with Crippen LogP contribution in [0.3, 0.4) is 0 Å². The van der Waals surface area contributed by atoms with Crippen LogP contribution < -0.4 is 10.2 Å². The molecule has 1 aromatic rings. The van der Waals surface area contributed by atoms with Gasteiger partial charge in [-0.15, -0.1) is 0 Å². The van der Waals surface area contributed by atoms with Crippen LogP contribution in [-0.2, 0) is 0 Å². The molecule has 11 heavy (non-hydrogen) atoms. The molecular formula is C7H11N3O. The zero-order chi connectivity index (χ0) is 7.52. The number of nitrogens with one attached hydrogen (secondary N) is 1. The summed E-state index contributed by atoms with van der Waals surface area (Å²) in [5, 5.41) is 3.28. The fourth-order valence-electron chi connectivity index (χ4n) is 1.26. The zero-order valence-electron chi connectivity index (χ0n) is 6.29. The summed E-state index contributed by atoms with van der Waals surface area (Å²) in [6, 6.07) is 0. The number of hydrogen-bond acceptors (Lipinski definition) is 4. The molecule has 1 saturated heterocycles. The van der Waals surface area contributed by atoms with E-state index in [0.717, 1.165) is 32.0 Å². The highest BCUT2D eigenvalue weighted by atomic mass is 16.3. The standard InChI is InChI=1S/C7H11N3O/c1-3-10(4-2-8-1)7-5-11-6-9-7/h5-6,8H,1-4H2. The molecule has 1 fully saturated rings. The summed E-state index contributed by atoms with van der Waals surface area (Å²) in [6.07, 6.45) is 3.16. The Balaban J connectivity index is 2.04. The van der Waals surface area contributed by atoms with Crippen molar-refractivity contribution in [3.8, 4) is 0 Å². The summed E-state index contributed by atoms with van der Waals surface area (Å²) in [6.45, 7) is 4.11. The second-order valence-electron chi connectivity index (χ2n) is 2.58. The molecule has 0 spiro atoms. The van der Waals surface area contributed by atoms with Crippen molar-refractivity contribution in [2.45, 2.75) is 0 Å². The molecule has 0 atom stereocenters. The van der Waals surface area contributed by atoms with Crippen LogP contribution in [0.25, 0.3) is 0 Å². The lowest BCUT2D eigenvalue weighted by atomic mass is 10.4. The maximum Gasteiger partial charge on any atom is 0.182 e. The maximum atomic E-state index is 4.89. The summed E-state index contributed by atoms with van der Waals surface area (Å²) in [4.78, 5) is 6.28. The predicted molar refractivity (Wildman–Crippen MR) is 41.6 cm³/mol. The Labute approximate surface area is 65.2 Å². The second-order valence-corrected chi connectivity index (χ2v) is 2.58. The Morgan fingerprint density at radius 2 is 2.27 bits per heavy atom. The van der Waals surface area contributed by atoms with Crippen molar-refractivity contribution < 1.29 is 4.42 Å². The summed E-state index contributed by atoms with van der Waals surface area (Å²) in [7, 11) is 0. The van der Waals surface area contributed by atoms with E-state index in [4.69, 9.17) is 4.42 Å². The first kappa shape index (κ1) is 6.67. The van der Waals surface area contributed by atoms with Gasteiger partial charge in [0.05, 0.1) is 0 Å². The molecule has 2 rings (SSSR count). The molecule has 1 aromatic heterocycles. The molecule has 0 unspecified atom stereocenters. The number of oxazole rings is 1. The lowest BCUT2D eigenvalue weighted by molar-refractivity contribution is 0.553. The fourth-order valence-corrected chi connectivity index (χ4v) is 1.26. The SMILES string of the molecule is c1nc(N2CCNCC2)co1. The minimum Gasteiger partial charge on any atom is -0.449 e. The van der Waals surface area contributed by atoms with Crippen LogP contribution in [0.2, 0.25) is 0 Å². The Kier molecular flexibility index (Phi) is 1.77. The number of rotatable bonds is 1. The van der Waals surface area contributed by atoms with Crippen LogP contribution in [-0.4, -0.2) is 31.2 Å². The molecule has 0 bridgehead atoms. The van der Waals surface area contributed by atoms with Gasteiger partial charge in [-0.2, -0.15) is 4.98 Å². The van der Waals surface area contributed by atoms with Crippen molar-refractivity contribution in [1.29, 1.82) is 0 Å². The van der Waals surface area contributed by atoms with E-state index in [1.54, 1.807) is 6.26 Å². The lowest BCUT2D eigenvalue weighted by Crippen LogP contribution is -2.43. The highest BCUT2D eigenvalue weighted by Crippen LogP contribution is 2.09. The normalized spacial score (nSPS) is 18.7. The first-order valence-electron chi connectivity index (χ1n) is 3.81. The first-order valence-corrected chi connectivity index (χ1v) is 3.81. The van der Waals surface area contributed by atoms with Crippen molar-refractivity contribution in [2.75, 3.05) is 31.1 Å². The van der Waals surface area contributed by atoms with E-state index in [-0.39, 0.29) is 0 Å². The van der Waals surface area contributed by atoms with Gasteiger partial charge in [-0.1, -0.05) is 0 Å².